The van der Waals surface area contributed by atoms with Gasteiger partial charge in [0.2, 0.25) is 5.91 Å². The molecule has 8 nitrogen and oxygen atoms in total. The lowest BCUT2D eigenvalue weighted by atomic mass is 10.3. The van der Waals surface area contributed by atoms with Crippen molar-refractivity contribution in [1.29, 1.82) is 0 Å². The van der Waals surface area contributed by atoms with Crippen molar-refractivity contribution in [3.8, 4) is 0 Å². The van der Waals surface area contributed by atoms with Crippen molar-refractivity contribution in [3.63, 3.8) is 0 Å². The van der Waals surface area contributed by atoms with Crippen LogP contribution in [0, 0.1) is 10.1 Å². The third kappa shape index (κ3) is 4.34. The maximum atomic E-state index is 11.4. The van der Waals surface area contributed by atoms with Gasteiger partial charge < -0.3 is 15.5 Å². The van der Waals surface area contributed by atoms with Crippen LogP contribution in [0.5, 0.6) is 0 Å². The van der Waals surface area contributed by atoms with E-state index in [1.54, 1.807) is 0 Å². The van der Waals surface area contributed by atoms with Gasteiger partial charge in [0, 0.05) is 12.3 Å². The molecule has 9 heteroatoms. The van der Waals surface area contributed by atoms with Gasteiger partial charge in [-0.05, 0) is 6.42 Å². The average Bonchev–Trinajstić information content (AvgIpc) is 2.63. The smallest absolute Gasteiger partial charge is 0.294 e. The second-order valence-corrected chi connectivity index (χ2v) is 3.99. The first-order valence-corrected chi connectivity index (χ1v) is 5.56. The lowest BCUT2D eigenvalue weighted by Gasteiger charge is -2.09. The molecule has 1 heterocycles. The van der Waals surface area contributed by atoms with Gasteiger partial charge in [0.1, 0.15) is 6.04 Å². The second-order valence-electron chi connectivity index (χ2n) is 3.00. The first-order chi connectivity index (χ1) is 7.59. The van der Waals surface area contributed by atoms with E-state index in [9.17, 15) is 19.7 Å². The molecule has 0 aliphatic carbocycles. The molecule has 1 saturated heterocycles. The van der Waals surface area contributed by atoms with E-state index >= 15 is 0 Å². The molecule has 1 atom stereocenters. The molecule has 0 spiro atoms. The number of nitrogens with one attached hydrogen (secondary N) is 2. The number of nitrogens with zero attached hydrogens (tertiary/aromatic N) is 1. The standard InChI is InChI=1S/C7H11N3O5S/c11-6(5-4-16-7(12)9-5)8-2-1-3-15-10(13)14/h5H,1-4H2,(H,8,11)(H,9,12)/t5-/m0/s1. The quantitative estimate of drug-likeness (QED) is 0.374. The van der Waals surface area contributed by atoms with Crippen molar-refractivity contribution in [3.05, 3.63) is 10.1 Å². The van der Waals surface area contributed by atoms with Gasteiger partial charge in [0.25, 0.3) is 10.3 Å². The number of thioether (sulfide) groups is 1. The Kier molecular flexibility index (Phi) is 4.83. The molecule has 0 aromatic rings. The van der Waals surface area contributed by atoms with Crippen LogP contribution >= 0.6 is 11.8 Å². The Morgan fingerprint density at radius 3 is 3.06 bits per heavy atom. The zero-order chi connectivity index (χ0) is 12.0. The lowest BCUT2D eigenvalue weighted by Crippen LogP contribution is -2.43. The van der Waals surface area contributed by atoms with Crippen molar-refractivity contribution in [2.24, 2.45) is 0 Å². The first-order valence-electron chi connectivity index (χ1n) is 4.58. The summed E-state index contributed by atoms with van der Waals surface area (Å²) in [5.74, 6) is 0.134. The van der Waals surface area contributed by atoms with Crippen LogP contribution in [-0.2, 0) is 9.63 Å². The number of rotatable bonds is 6. The minimum absolute atomic E-state index is 0.0565. The Balaban J connectivity index is 2.06. The van der Waals surface area contributed by atoms with Crippen molar-refractivity contribution in [2.45, 2.75) is 12.5 Å². The molecular formula is C7H11N3O5S. The highest BCUT2D eigenvalue weighted by molar-refractivity contribution is 8.14. The SMILES string of the molecule is O=C1N[C@H](C(=O)NCCCO[N+](=O)[O-])CS1. The normalized spacial score (nSPS) is 19.0. The molecule has 0 radical (unpaired) electrons. The number of amides is 2. The molecule has 1 rings (SSSR count). The van der Waals surface area contributed by atoms with E-state index in [-0.39, 0.29) is 24.3 Å². The molecule has 1 aliphatic heterocycles. The number of carbonyl (C=O) groups is 2. The summed E-state index contributed by atoms with van der Waals surface area (Å²) in [5, 5.41) is 13.7. The van der Waals surface area contributed by atoms with Gasteiger partial charge in [-0.1, -0.05) is 11.8 Å². The summed E-state index contributed by atoms with van der Waals surface area (Å²) in [6.07, 6.45) is 0.348. The van der Waals surface area contributed by atoms with E-state index in [2.05, 4.69) is 15.5 Å². The van der Waals surface area contributed by atoms with Crippen molar-refractivity contribution < 1.29 is 19.5 Å². The van der Waals surface area contributed by atoms with Crippen LogP contribution in [0.3, 0.4) is 0 Å². The highest BCUT2D eigenvalue weighted by atomic mass is 32.2. The summed E-state index contributed by atoms with van der Waals surface area (Å²) in [6, 6.07) is -0.506. The van der Waals surface area contributed by atoms with Crippen LogP contribution < -0.4 is 10.6 Å². The Morgan fingerprint density at radius 1 is 1.75 bits per heavy atom. The Labute approximate surface area is 95.2 Å². The van der Waals surface area contributed by atoms with Gasteiger partial charge in [-0.2, -0.15) is 0 Å². The Bertz CT molecular complexity index is 298. The predicted octanol–water partition coefficient (Wildman–Crippen LogP) is -0.474. The lowest BCUT2D eigenvalue weighted by molar-refractivity contribution is -0.757. The van der Waals surface area contributed by atoms with Crippen LogP contribution in [0.15, 0.2) is 0 Å². The maximum Gasteiger partial charge on any atom is 0.294 e. The zero-order valence-electron chi connectivity index (χ0n) is 8.30. The first kappa shape index (κ1) is 12.6. The fourth-order valence-electron chi connectivity index (χ4n) is 1.07. The number of hydrogen-bond acceptors (Lipinski definition) is 6. The van der Waals surface area contributed by atoms with E-state index in [4.69, 9.17) is 0 Å². The van der Waals surface area contributed by atoms with Gasteiger partial charge in [-0.25, -0.2) is 0 Å². The molecule has 2 amide bonds. The fraction of sp³-hybridized carbons (Fsp3) is 0.714. The molecule has 16 heavy (non-hydrogen) atoms. The monoisotopic (exact) mass is 249 g/mol. The summed E-state index contributed by atoms with van der Waals surface area (Å²) in [5.41, 5.74) is 0. The molecule has 2 N–H and O–H groups in total. The topological polar surface area (TPSA) is 111 Å². The van der Waals surface area contributed by atoms with Crippen molar-refractivity contribution in [1.82, 2.24) is 10.6 Å². The third-order valence-electron chi connectivity index (χ3n) is 1.81. The summed E-state index contributed by atoms with van der Waals surface area (Å²) >= 11 is 1.06. The summed E-state index contributed by atoms with van der Waals surface area (Å²) in [4.78, 5) is 36.0. The molecule has 0 unspecified atom stereocenters. The Morgan fingerprint density at radius 2 is 2.50 bits per heavy atom. The van der Waals surface area contributed by atoms with Crippen LogP contribution in [0.1, 0.15) is 6.42 Å². The molecule has 0 aromatic carbocycles. The summed E-state index contributed by atoms with van der Waals surface area (Å²) < 4.78 is 0. The Hall–Kier alpha value is -1.51. The zero-order valence-corrected chi connectivity index (χ0v) is 9.12. The average molecular weight is 249 g/mol. The van der Waals surface area contributed by atoms with E-state index in [0.717, 1.165) is 11.8 Å². The molecule has 0 saturated carbocycles. The summed E-state index contributed by atoms with van der Waals surface area (Å²) in [6.45, 7) is 0.225. The van der Waals surface area contributed by atoms with Crippen LogP contribution in [0.25, 0.3) is 0 Å². The minimum Gasteiger partial charge on any atom is -0.354 e. The number of hydrogen-bond donors (Lipinski definition) is 2. The molecule has 0 bridgehead atoms. The van der Waals surface area contributed by atoms with E-state index in [1.807, 2.05) is 0 Å². The number of carbonyl (C=O) groups excluding carboxylic acids is 2. The largest absolute Gasteiger partial charge is 0.354 e. The third-order valence-corrected chi connectivity index (χ3v) is 2.69. The van der Waals surface area contributed by atoms with Crippen molar-refractivity contribution >= 4 is 22.9 Å². The van der Waals surface area contributed by atoms with Gasteiger partial charge in [0.05, 0.1) is 6.61 Å². The molecule has 0 aromatic heterocycles. The highest BCUT2D eigenvalue weighted by Gasteiger charge is 2.27. The van der Waals surface area contributed by atoms with E-state index < -0.39 is 11.1 Å². The second kappa shape index (κ2) is 6.16. The van der Waals surface area contributed by atoms with Gasteiger partial charge in [-0.15, -0.1) is 10.1 Å². The van der Waals surface area contributed by atoms with Crippen LogP contribution in [-0.4, -0.2) is 41.2 Å². The maximum absolute atomic E-state index is 11.4. The molecule has 1 aliphatic rings. The van der Waals surface area contributed by atoms with Crippen LogP contribution in [0.2, 0.25) is 0 Å². The van der Waals surface area contributed by atoms with Gasteiger partial charge in [0.15, 0.2) is 0 Å². The van der Waals surface area contributed by atoms with E-state index in [0.29, 0.717) is 12.2 Å². The minimum atomic E-state index is -0.879. The van der Waals surface area contributed by atoms with E-state index in [1.165, 1.54) is 0 Å². The van der Waals surface area contributed by atoms with Crippen LogP contribution in [0.4, 0.5) is 4.79 Å². The van der Waals surface area contributed by atoms with Crippen molar-refractivity contribution in [2.75, 3.05) is 18.9 Å². The predicted molar refractivity (Wildman–Crippen MR) is 55.4 cm³/mol. The fourth-order valence-corrected chi connectivity index (χ4v) is 1.85. The highest BCUT2D eigenvalue weighted by Crippen LogP contribution is 2.12. The summed E-state index contributed by atoms with van der Waals surface area (Å²) in [7, 11) is 0. The molecule has 90 valence electrons. The van der Waals surface area contributed by atoms with Gasteiger partial charge in [-0.3, -0.25) is 9.59 Å². The molecule has 1 fully saturated rings. The van der Waals surface area contributed by atoms with Gasteiger partial charge >= 0.3 is 0 Å². The molecular weight excluding hydrogens is 238 g/mol.